The van der Waals surface area contributed by atoms with Crippen molar-refractivity contribution in [2.24, 2.45) is 0 Å². The first-order valence-corrected chi connectivity index (χ1v) is 7.59. The van der Waals surface area contributed by atoms with Crippen molar-refractivity contribution in [2.45, 2.75) is 39.8 Å². The number of carbonyl (C=O) groups excluding carboxylic acids is 1. The molecular formula is C17H18N2O5. The Morgan fingerprint density at radius 2 is 2.08 bits per heavy atom. The zero-order valence-electron chi connectivity index (χ0n) is 13.7. The zero-order chi connectivity index (χ0) is 17.4. The number of hydrogen-bond donors (Lipinski definition) is 1. The van der Waals surface area contributed by atoms with Crippen LogP contribution in [0.15, 0.2) is 22.7 Å². The van der Waals surface area contributed by atoms with Gasteiger partial charge in [-0.1, -0.05) is 11.2 Å². The molecule has 0 spiro atoms. The van der Waals surface area contributed by atoms with Gasteiger partial charge in [0.05, 0.1) is 24.3 Å². The lowest BCUT2D eigenvalue weighted by molar-refractivity contribution is -0.142. The lowest BCUT2D eigenvalue weighted by Gasteiger charge is -2.34. The van der Waals surface area contributed by atoms with Crippen molar-refractivity contribution in [3.8, 4) is 5.75 Å². The number of amides is 1. The molecule has 0 bridgehead atoms. The van der Waals surface area contributed by atoms with Gasteiger partial charge in [0.1, 0.15) is 11.5 Å². The van der Waals surface area contributed by atoms with Crippen LogP contribution < -0.4 is 9.64 Å². The Hall–Kier alpha value is -2.83. The molecule has 0 saturated heterocycles. The highest BCUT2D eigenvalue weighted by molar-refractivity contribution is 6.01. The second-order valence-corrected chi connectivity index (χ2v) is 5.90. The van der Waals surface area contributed by atoms with E-state index in [2.05, 4.69) is 5.16 Å². The number of carbonyl (C=O) groups is 2. The van der Waals surface area contributed by atoms with Crippen LogP contribution in [0, 0.1) is 20.8 Å². The van der Waals surface area contributed by atoms with Crippen LogP contribution in [0.3, 0.4) is 0 Å². The van der Waals surface area contributed by atoms with Gasteiger partial charge in [-0.15, -0.1) is 0 Å². The number of nitrogens with zero attached hydrogens (tertiary/aromatic N) is 2. The van der Waals surface area contributed by atoms with Gasteiger partial charge in [-0.2, -0.15) is 0 Å². The Kier molecular flexibility index (Phi) is 4.01. The van der Waals surface area contributed by atoms with Gasteiger partial charge >= 0.3 is 5.97 Å². The molecule has 1 atom stereocenters. The van der Waals surface area contributed by atoms with Crippen LogP contribution >= 0.6 is 0 Å². The normalized spacial score (nSPS) is 16.7. The van der Waals surface area contributed by atoms with E-state index in [9.17, 15) is 9.59 Å². The number of carboxylic acid groups (broad SMARTS) is 1. The molecule has 2 heterocycles. The topological polar surface area (TPSA) is 92.9 Å². The van der Waals surface area contributed by atoms with Crippen LogP contribution in [0.1, 0.15) is 29.0 Å². The first kappa shape index (κ1) is 16.0. The van der Waals surface area contributed by atoms with E-state index in [0.717, 1.165) is 11.1 Å². The largest absolute Gasteiger partial charge is 0.481 e. The van der Waals surface area contributed by atoms with E-state index in [1.54, 1.807) is 17.9 Å². The first-order valence-electron chi connectivity index (χ1n) is 7.59. The summed E-state index contributed by atoms with van der Waals surface area (Å²) in [4.78, 5) is 25.4. The van der Waals surface area contributed by atoms with Gasteiger partial charge in [0.15, 0.2) is 6.10 Å². The zero-order valence-corrected chi connectivity index (χ0v) is 13.7. The molecule has 7 heteroatoms. The number of aromatic nitrogens is 1. The summed E-state index contributed by atoms with van der Waals surface area (Å²) in [5.41, 5.74) is 3.12. The fraction of sp³-hybridized carbons (Fsp3) is 0.353. The molecule has 0 radical (unpaired) electrons. The quantitative estimate of drug-likeness (QED) is 0.925. The number of anilines is 1. The average Bonchev–Trinajstić information content (AvgIpc) is 2.83. The molecule has 2 aromatic rings. The minimum Gasteiger partial charge on any atom is -0.481 e. The summed E-state index contributed by atoms with van der Waals surface area (Å²) in [6, 6.07) is 5.47. The van der Waals surface area contributed by atoms with Crippen molar-refractivity contribution in [3.63, 3.8) is 0 Å². The summed E-state index contributed by atoms with van der Waals surface area (Å²) in [6.45, 7) is 5.77. The molecule has 1 unspecified atom stereocenters. The Balaban J connectivity index is 2.02. The number of aryl methyl sites for hydroxylation is 3. The smallest absolute Gasteiger partial charge is 0.307 e. The second kappa shape index (κ2) is 5.99. The van der Waals surface area contributed by atoms with E-state index in [0.29, 0.717) is 22.9 Å². The number of hydrogen-bond acceptors (Lipinski definition) is 5. The van der Waals surface area contributed by atoms with Crippen molar-refractivity contribution in [1.82, 2.24) is 5.16 Å². The third kappa shape index (κ3) is 2.84. The second-order valence-electron chi connectivity index (χ2n) is 5.90. The molecule has 126 valence electrons. The highest BCUT2D eigenvalue weighted by Crippen LogP contribution is 2.37. The van der Waals surface area contributed by atoms with Gasteiger partial charge in [-0.05, 0) is 38.5 Å². The fourth-order valence-corrected chi connectivity index (χ4v) is 2.77. The Morgan fingerprint density at radius 1 is 1.33 bits per heavy atom. The molecule has 3 rings (SSSR count). The summed E-state index contributed by atoms with van der Waals surface area (Å²) in [5, 5.41) is 12.9. The lowest BCUT2D eigenvalue weighted by atomic mass is 10.1. The van der Waals surface area contributed by atoms with Crippen LogP contribution in [0.25, 0.3) is 0 Å². The van der Waals surface area contributed by atoms with Crippen LogP contribution in [0.2, 0.25) is 0 Å². The van der Waals surface area contributed by atoms with E-state index in [-0.39, 0.29) is 18.9 Å². The van der Waals surface area contributed by atoms with Gasteiger partial charge in [0.2, 0.25) is 0 Å². The van der Waals surface area contributed by atoms with Crippen molar-refractivity contribution >= 4 is 17.6 Å². The molecule has 24 heavy (non-hydrogen) atoms. The molecule has 1 aliphatic rings. The van der Waals surface area contributed by atoms with Gasteiger partial charge in [-0.3, -0.25) is 9.59 Å². The molecule has 1 amide bonds. The third-order valence-electron chi connectivity index (χ3n) is 4.07. The maximum Gasteiger partial charge on any atom is 0.307 e. The van der Waals surface area contributed by atoms with Gasteiger partial charge < -0.3 is 19.3 Å². The minimum atomic E-state index is -1.08. The average molecular weight is 330 g/mol. The maximum absolute atomic E-state index is 12.8. The summed E-state index contributed by atoms with van der Waals surface area (Å²) < 4.78 is 10.8. The van der Waals surface area contributed by atoms with Crippen molar-refractivity contribution in [3.05, 3.63) is 40.8 Å². The van der Waals surface area contributed by atoms with Gasteiger partial charge in [-0.25, -0.2) is 0 Å². The molecule has 0 aliphatic carbocycles. The summed E-state index contributed by atoms with van der Waals surface area (Å²) >= 11 is 0. The number of ether oxygens (including phenoxy) is 1. The number of aliphatic carboxylic acids is 1. The first-order chi connectivity index (χ1) is 11.4. The van der Waals surface area contributed by atoms with E-state index >= 15 is 0 Å². The van der Waals surface area contributed by atoms with Crippen LogP contribution in [-0.4, -0.2) is 28.2 Å². The molecule has 1 aromatic carbocycles. The number of carboxylic acids is 1. The Morgan fingerprint density at radius 3 is 2.71 bits per heavy atom. The minimum absolute atomic E-state index is 0.260. The summed E-state index contributed by atoms with van der Waals surface area (Å²) in [7, 11) is 0. The van der Waals surface area contributed by atoms with Gasteiger partial charge in [0, 0.05) is 5.56 Å². The number of fused-ring (bicyclic) bond motifs is 1. The standard InChI is InChI=1S/C17H18N2O5/c1-9-4-5-14-13(6-9)19(8-12-10(2)18-24-11(12)3)17(22)15(23-14)7-16(20)21/h4-6,15H,7-8H2,1-3H3,(H,20,21). The molecule has 1 N–H and O–H groups in total. The molecule has 7 nitrogen and oxygen atoms in total. The number of benzene rings is 1. The highest BCUT2D eigenvalue weighted by Gasteiger charge is 2.36. The predicted molar refractivity (Wildman–Crippen MR) is 85.0 cm³/mol. The Labute approximate surface area is 138 Å². The molecule has 1 aromatic heterocycles. The lowest BCUT2D eigenvalue weighted by Crippen LogP contribution is -2.46. The summed E-state index contributed by atoms with van der Waals surface area (Å²) in [5.74, 6) is -0.328. The van der Waals surface area contributed by atoms with E-state index < -0.39 is 12.1 Å². The van der Waals surface area contributed by atoms with Crippen molar-refractivity contribution < 1.29 is 24.0 Å². The molecular weight excluding hydrogens is 312 g/mol. The maximum atomic E-state index is 12.8. The van der Waals surface area contributed by atoms with Crippen molar-refractivity contribution in [2.75, 3.05) is 4.90 Å². The fourth-order valence-electron chi connectivity index (χ4n) is 2.77. The molecule has 1 aliphatic heterocycles. The van der Waals surface area contributed by atoms with Crippen LogP contribution in [0.4, 0.5) is 5.69 Å². The van der Waals surface area contributed by atoms with Crippen LogP contribution in [0.5, 0.6) is 5.75 Å². The monoisotopic (exact) mass is 330 g/mol. The third-order valence-corrected chi connectivity index (χ3v) is 4.07. The molecule has 0 fully saturated rings. The summed E-state index contributed by atoms with van der Waals surface area (Å²) in [6.07, 6.45) is -1.43. The van der Waals surface area contributed by atoms with Crippen LogP contribution in [-0.2, 0) is 16.1 Å². The Bertz CT molecular complexity index is 792. The molecule has 0 saturated carbocycles. The number of rotatable bonds is 4. The van der Waals surface area contributed by atoms with E-state index in [4.69, 9.17) is 14.4 Å². The van der Waals surface area contributed by atoms with Gasteiger partial charge in [0.25, 0.3) is 5.91 Å². The SMILES string of the molecule is Cc1ccc2c(c1)N(Cc1c(C)noc1C)C(=O)C(CC(=O)O)O2. The van der Waals surface area contributed by atoms with E-state index in [1.807, 2.05) is 26.0 Å². The predicted octanol–water partition coefficient (Wildman–Crippen LogP) is 2.37. The highest BCUT2D eigenvalue weighted by atomic mass is 16.5. The van der Waals surface area contributed by atoms with Crippen molar-refractivity contribution in [1.29, 1.82) is 0 Å². The van der Waals surface area contributed by atoms with E-state index in [1.165, 1.54) is 0 Å².